The standard InChI is InChI=1S/C19H13Cl2N3O/c1-11-15(9-13-8-12-4-2-3-5-18(12)22-13)19(25)24(23-11)14-6-7-16(20)17(21)10-14/h2-10,23H,1H3. The molecule has 0 amide bonds. The molecule has 3 aromatic rings. The predicted octanol–water partition coefficient (Wildman–Crippen LogP) is 3.24. The van der Waals surface area contributed by atoms with E-state index in [1.165, 1.54) is 4.68 Å². The van der Waals surface area contributed by atoms with Crippen LogP contribution >= 0.6 is 23.2 Å². The number of nitrogens with zero attached hydrogens (tertiary/aromatic N) is 2. The first-order valence-corrected chi connectivity index (χ1v) is 8.43. The summed E-state index contributed by atoms with van der Waals surface area (Å²) in [6.07, 6.45) is 3.76. The summed E-state index contributed by atoms with van der Waals surface area (Å²) in [6.45, 7) is 1.85. The second kappa shape index (κ2) is 6.06. The summed E-state index contributed by atoms with van der Waals surface area (Å²) in [5.74, 6) is 0. The molecule has 4 rings (SSSR count). The van der Waals surface area contributed by atoms with Crippen molar-refractivity contribution in [2.24, 2.45) is 4.99 Å². The molecule has 2 heterocycles. The fourth-order valence-electron chi connectivity index (χ4n) is 2.80. The zero-order valence-corrected chi connectivity index (χ0v) is 14.8. The molecule has 25 heavy (non-hydrogen) atoms. The average molecular weight is 370 g/mol. The van der Waals surface area contributed by atoms with Crippen LogP contribution in [0.15, 0.2) is 57.9 Å². The zero-order chi connectivity index (χ0) is 17.6. The van der Waals surface area contributed by atoms with E-state index in [0.717, 1.165) is 22.0 Å². The van der Waals surface area contributed by atoms with Crippen molar-refractivity contribution in [2.45, 2.75) is 6.92 Å². The molecule has 1 aliphatic rings. The first-order chi connectivity index (χ1) is 12.0. The van der Waals surface area contributed by atoms with Crippen LogP contribution in [0.1, 0.15) is 11.3 Å². The SMILES string of the molecule is Cc1[nH]n(-c2ccc(Cl)c(Cl)c2)c(=O)c1C=C1C=c2ccccc2=N1. The molecule has 1 N–H and O–H groups in total. The van der Waals surface area contributed by atoms with Gasteiger partial charge in [-0.1, -0.05) is 41.4 Å². The fourth-order valence-corrected chi connectivity index (χ4v) is 3.09. The topological polar surface area (TPSA) is 50.1 Å². The van der Waals surface area contributed by atoms with Crippen LogP contribution in [0, 0.1) is 6.92 Å². The van der Waals surface area contributed by atoms with Gasteiger partial charge in [0.1, 0.15) is 0 Å². The van der Waals surface area contributed by atoms with Gasteiger partial charge in [0.15, 0.2) is 0 Å². The molecule has 1 aromatic heterocycles. The predicted molar refractivity (Wildman–Crippen MR) is 101 cm³/mol. The van der Waals surface area contributed by atoms with E-state index in [1.807, 2.05) is 37.3 Å². The average Bonchev–Trinajstić information content (AvgIpc) is 3.13. The largest absolute Gasteiger partial charge is 0.295 e. The Bertz CT molecular complexity index is 1170. The molecule has 0 saturated heterocycles. The fraction of sp³-hybridized carbons (Fsp3) is 0.0526. The van der Waals surface area contributed by atoms with Crippen molar-refractivity contribution in [2.75, 3.05) is 0 Å². The summed E-state index contributed by atoms with van der Waals surface area (Å²) in [5.41, 5.74) is 2.53. The number of allylic oxidation sites excluding steroid dienone is 1. The number of aryl methyl sites for hydroxylation is 1. The monoisotopic (exact) mass is 369 g/mol. The maximum absolute atomic E-state index is 12.8. The molecule has 0 fully saturated rings. The Labute approximate surface area is 153 Å². The second-order valence-corrected chi connectivity index (χ2v) is 6.59. The van der Waals surface area contributed by atoms with Gasteiger partial charge in [0, 0.05) is 10.9 Å². The lowest BCUT2D eigenvalue weighted by Gasteiger charge is -2.03. The van der Waals surface area contributed by atoms with E-state index in [2.05, 4.69) is 10.1 Å². The Morgan fingerprint density at radius 2 is 1.92 bits per heavy atom. The minimum Gasteiger partial charge on any atom is -0.295 e. The van der Waals surface area contributed by atoms with E-state index in [0.29, 0.717) is 21.3 Å². The number of hydrogen-bond donors (Lipinski definition) is 1. The summed E-state index contributed by atoms with van der Waals surface area (Å²) < 4.78 is 1.45. The third-order valence-electron chi connectivity index (χ3n) is 4.06. The number of para-hydroxylation sites is 1. The van der Waals surface area contributed by atoms with Gasteiger partial charge in [-0.25, -0.2) is 9.67 Å². The Hall–Kier alpha value is -2.56. The van der Waals surface area contributed by atoms with Gasteiger partial charge < -0.3 is 0 Å². The van der Waals surface area contributed by atoms with Gasteiger partial charge >= 0.3 is 0 Å². The normalized spacial score (nSPS) is 14.3. The first kappa shape index (κ1) is 15.9. The Morgan fingerprint density at radius 1 is 1.12 bits per heavy atom. The highest BCUT2D eigenvalue weighted by atomic mass is 35.5. The highest BCUT2D eigenvalue weighted by Crippen LogP contribution is 2.24. The smallest absolute Gasteiger partial charge is 0.278 e. The van der Waals surface area contributed by atoms with Gasteiger partial charge in [-0.2, -0.15) is 0 Å². The van der Waals surface area contributed by atoms with Crippen molar-refractivity contribution in [3.05, 3.63) is 90.4 Å². The number of H-pyrrole nitrogens is 1. The molecule has 0 bridgehead atoms. The number of rotatable bonds is 2. The van der Waals surface area contributed by atoms with Crippen molar-refractivity contribution in [3.63, 3.8) is 0 Å². The lowest BCUT2D eigenvalue weighted by Crippen LogP contribution is -2.19. The lowest BCUT2D eigenvalue weighted by molar-refractivity contribution is 0.835. The number of nitrogens with one attached hydrogen (secondary N) is 1. The molecule has 4 nitrogen and oxygen atoms in total. The molecule has 0 atom stereocenters. The molecule has 0 saturated carbocycles. The minimum absolute atomic E-state index is 0.164. The quantitative estimate of drug-likeness (QED) is 0.740. The molecular weight excluding hydrogens is 357 g/mol. The van der Waals surface area contributed by atoms with Crippen LogP contribution in [-0.2, 0) is 0 Å². The molecule has 1 aliphatic heterocycles. The van der Waals surface area contributed by atoms with Crippen LogP contribution in [-0.4, -0.2) is 9.78 Å². The highest BCUT2D eigenvalue weighted by molar-refractivity contribution is 6.42. The van der Waals surface area contributed by atoms with E-state index in [-0.39, 0.29) is 5.56 Å². The van der Waals surface area contributed by atoms with Crippen molar-refractivity contribution in [1.82, 2.24) is 9.78 Å². The van der Waals surface area contributed by atoms with Gasteiger partial charge in [-0.15, -0.1) is 0 Å². The van der Waals surface area contributed by atoms with Crippen LogP contribution in [0.2, 0.25) is 10.0 Å². The van der Waals surface area contributed by atoms with Crippen LogP contribution < -0.4 is 16.1 Å². The molecule has 0 aliphatic carbocycles. The molecule has 6 heteroatoms. The number of benzene rings is 2. The summed E-state index contributed by atoms with van der Waals surface area (Å²) >= 11 is 12.0. The van der Waals surface area contributed by atoms with Crippen LogP contribution in [0.25, 0.3) is 17.8 Å². The Kier molecular flexibility index (Phi) is 3.86. The highest BCUT2D eigenvalue weighted by Gasteiger charge is 2.13. The van der Waals surface area contributed by atoms with Crippen LogP contribution in [0.4, 0.5) is 0 Å². The van der Waals surface area contributed by atoms with Crippen molar-refractivity contribution in [1.29, 1.82) is 0 Å². The van der Waals surface area contributed by atoms with Gasteiger partial charge in [-0.3, -0.25) is 9.89 Å². The molecular formula is C19H13Cl2N3O. The summed E-state index contributed by atoms with van der Waals surface area (Å²) in [6, 6.07) is 12.9. The third-order valence-corrected chi connectivity index (χ3v) is 4.80. The zero-order valence-electron chi connectivity index (χ0n) is 13.3. The van der Waals surface area contributed by atoms with Crippen molar-refractivity contribution < 1.29 is 0 Å². The van der Waals surface area contributed by atoms with Gasteiger partial charge in [0.2, 0.25) is 0 Å². The van der Waals surface area contributed by atoms with E-state index in [1.54, 1.807) is 24.3 Å². The van der Waals surface area contributed by atoms with Crippen LogP contribution in [0.3, 0.4) is 0 Å². The number of halogens is 2. The maximum atomic E-state index is 12.8. The van der Waals surface area contributed by atoms with E-state index >= 15 is 0 Å². The maximum Gasteiger partial charge on any atom is 0.278 e. The summed E-state index contributed by atoms with van der Waals surface area (Å²) in [4.78, 5) is 17.3. The molecule has 0 radical (unpaired) electrons. The number of aromatic nitrogens is 2. The molecule has 2 aromatic carbocycles. The third kappa shape index (κ3) is 2.84. The molecule has 0 spiro atoms. The van der Waals surface area contributed by atoms with E-state index < -0.39 is 0 Å². The van der Waals surface area contributed by atoms with E-state index in [4.69, 9.17) is 23.2 Å². The number of hydrogen-bond acceptors (Lipinski definition) is 2. The lowest BCUT2D eigenvalue weighted by atomic mass is 10.2. The van der Waals surface area contributed by atoms with Gasteiger partial charge in [0.25, 0.3) is 5.56 Å². The molecule has 0 unspecified atom stereocenters. The molecule has 124 valence electrons. The van der Waals surface area contributed by atoms with Crippen LogP contribution in [0.5, 0.6) is 0 Å². The van der Waals surface area contributed by atoms with Crippen molar-refractivity contribution in [3.8, 4) is 5.69 Å². The second-order valence-electron chi connectivity index (χ2n) is 5.77. The van der Waals surface area contributed by atoms with E-state index in [9.17, 15) is 4.79 Å². The summed E-state index contributed by atoms with van der Waals surface area (Å²) in [5, 5.41) is 5.87. The Morgan fingerprint density at radius 3 is 2.68 bits per heavy atom. The first-order valence-electron chi connectivity index (χ1n) is 7.67. The summed E-state index contributed by atoms with van der Waals surface area (Å²) in [7, 11) is 0. The van der Waals surface area contributed by atoms with Gasteiger partial charge in [0.05, 0.1) is 32.4 Å². The minimum atomic E-state index is -0.164. The number of aromatic amines is 1. The van der Waals surface area contributed by atoms with Crippen molar-refractivity contribution >= 4 is 35.4 Å². The van der Waals surface area contributed by atoms with Gasteiger partial charge in [-0.05, 0) is 43.3 Å². The number of fused-ring (bicyclic) bond motifs is 1. The Balaban J connectivity index is 1.82.